The van der Waals surface area contributed by atoms with Gasteiger partial charge in [-0.25, -0.2) is 4.98 Å². The summed E-state index contributed by atoms with van der Waals surface area (Å²) in [6.45, 7) is 0. The highest BCUT2D eigenvalue weighted by atomic mass is 35.5. The molecule has 0 bridgehead atoms. The fourth-order valence-electron chi connectivity index (χ4n) is 2.87. The van der Waals surface area contributed by atoms with Gasteiger partial charge in [0.25, 0.3) is 0 Å². The molecule has 3 heteroatoms. The van der Waals surface area contributed by atoms with Gasteiger partial charge < -0.3 is 4.57 Å². The molecule has 1 aromatic heterocycles. The molecule has 0 amide bonds. The molecule has 0 aliphatic heterocycles. The minimum absolute atomic E-state index is 0.0832. The molecular formula is C22H17ClN2. The molecule has 4 aromatic rings. The van der Waals surface area contributed by atoms with Crippen LogP contribution in [-0.4, -0.2) is 9.55 Å². The Labute approximate surface area is 166 Å². The zero-order valence-electron chi connectivity index (χ0n) is 22.8. The average molecular weight is 355 g/mol. The van der Waals surface area contributed by atoms with Crippen molar-refractivity contribution in [2.45, 2.75) is 5.54 Å². The minimum atomic E-state index is -2.07. The summed E-state index contributed by atoms with van der Waals surface area (Å²) in [6.07, 6.45) is 4.08. The third-order valence-electron chi connectivity index (χ3n) is 3.88. The number of hydrogen-bond donors (Lipinski definition) is 0. The predicted octanol–water partition coefficient (Wildman–Crippen LogP) is 5.38. The van der Waals surface area contributed by atoms with Gasteiger partial charge in [-0.05, 0) is 17.2 Å². The summed E-state index contributed by atoms with van der Waals surface area (Å²) in [6, 6.07) is -0.0829. The highest BCUT2D eigenvalue weighted by molar-refractivity contribution is 6.31. The lowest BCUT2D eigenvalue weighted by Crippen LogP contribution is -2.37. The lowest BCUT2D eigenvalue weighted by molar-refractivity contribution is 0.515. The first-order valence-electron chi connectivity index (χ1n) is 12.4. The first-order valence-corrected chi connectivity index (χ1v) is 7.73. The molecule has 122 valence electrons. The second kappa shape index (κ2) is 6.58. The number of hydrogen-bond acceptors (Lipinski definition) is 1. The summed E-state index contributed by atoms with van der Waals surface area (Å²) in [5.74, 6) is 0. The Morgan fingerprint density at radius 2 is 1.48 bits per heavy atom. The van der Waals surface area contributed by atoms with E-state index in [2.05, 4.69) is 4.98 Å². The van der Waals surface area contributed by atoms with Gasteiger partial charge >= 0.3 is 0 Å². The predicted molar refractivity (Wildman–Crippen MR) is 102 cm³/mol. The van der Waals surface area contributed by atoms with Gasteiger partial charge in [0.1, 0.15) is 5.54 Å². The first kappa shape index (κ1) is 8.03. The standard InChI is InChI=1S/C22H17ClN2/c23-21-14-8-7-13-20(21)22(25-16-15-24-17-25,18-9-3-1-4-10-18)19-11-5-2-6-12-19/h1-17H/i1D,2D,3D,4D,5D,6D,9D,10D,11D,12D. The quantitative estimate of drug-likeness (QED) is 0.450. The summed E-state index contributed by atoms with van der Waals surface area (Å²) >= 11 is 6.62. The van der Waals surface area contributed by atoms with Gasteiger partial charge in [0.15, 0.2) is 0 Å². The minimum Gasteiger partial charge on any atom is -0.319 e. The van der Waals surface area contributed by atoms with Crippen molar-refractivity contribution in [2.24, 2.45) is 0 Å². The lowest BCUT2D eigenvalue weighted by atomic mass is 9.76. The first-order chi connectivity index (χ1) is 16.5. The van der Waals surface area contributed by atoms with E-state index < -0.39 is 66.0 Å². The topological polar surface area (TPSA) is 17.8 Å². The van der Waals surface area contributed by atoms with E-state index in [4.69, 9.17) is 25.3 Å². The van der Waals surface area contributed by atoms with Crippen molar-refractivity contribution in [3.8, 4) is 0 Å². The van der Waals surface area contributed by atoms with Gasteiger partial charge in [-0.2, -0.15) is 0 Å². The second-order valence-corrected chi connectivity index (χ2v) is 5.57. The van der Waals surface area contributed by atoms with Gasteiger partial charge in [0.2, 0.25) is 0 Å². The molecular weight excluding hydrogens is 328 g/mol. The van der Waals surface area contributed by atoms with Crippen molar-refractivity contribution >= 4 is 11.6 Å². The smallest absolute Gasteiger partial charge is 0.123 e. The second-order valence-electron chi connectivity index (χ2n) is 5.16. The van der Waals surface area contributed by atoms with E-state index in [0.717, 1.165) is 0 Å². The molecule has 0 aliphatic carbocycles. The monoisotopic (exact) mass is 354 g/mol. The van der Waals surface area contributed by atoms with Crippen LogP contribution in [0.25, 0.3) is 0 Å². The van der Waals surface area contributed by atoms with Crippen molar-refractivity contribution in [3.63, 3.8) is 0 Å². The van der Waals surface area contributed by atoms with E-state index in [1.807, 2.05) is 0 Å². The van der Waals surface area contributed by atoms with Crippen LogP contribution in [-0.2, 0) is 5.54 Å². The molecule has 0 aliphatic rings. The maximum Gasteiger partial charge on any atom is 0.123 e. The molecule has 1 heterocycles. The molecule has 0 radical (unpaired) electrons. The van der Waals surface area contributed by atoms with Crippen LogP contribution in [0, 0.1) is 0 Å². The van der Waals surface area contributed by atoms with E-state index in [-0.39, 0.29) is 21.7 Å². The van der Waals surface area contributed by atoms with Crippen LogP contribution in [0.4, 0.5) is 0 Å². The molecule has 0 saturated carbocycles. The molecule has 0 unspecified atom stereocenters. The summed E-state index contributed by atoms with van der Waals surface area (Å²) < 4.78 is 85.6. The third-order valence-corrected chi connectivity index (χ3v) is 4.21. The Bertz CT molecular complexity index is 1340. The molecule has 0 fully saturated rings. The van der Waals surface area contributed by atoms with Crippen LogP contribution in [0.1, 0.15) is 30.4 Å². The molecule has 4 rings (SSSR count). The summed E-state index contributed by atoms with van der Waals surface area (Å²) in [5, 5.41) is 0.0832. The summed E-state index contributed by atoms with van der Waals surface area (Å²) in [7, 11) is 0. The highest BCUT2D eigenvalue weighted by Gasteiger charge is 2.39. The van der Waals surface area contributed by atoms with E-state index >= 15 is 0 Å². The molecule has 0 atom stereocenters. The van der Waals surface area contributed by atoms with E-state index in [1.54, 1.807) is 12.1 Å². The zero-order chi connectivity index (χ0) is 25.8. The van der Waals surface area contributed by atoms with Crippen LogP contribution < -0.4 is 0 Å². The Balaban J connectivity index is 2.42. The Kier molecular flexibility index (Phi) is 2.11. The van der Waals surface area contributed by atoms with Gasteiger partial charge in [-0.1, -0.05) is 90.2 Å². The van der Waals surface area contributed by atoms with Crippen molar-refractivity contribution in [1.82, 2.24) is 9.55 Å². The normalized spacial score (nSPS) is 17.0. The van der Waals surface area contributed by atoms with Crippen molar-refractivity contribution in [3.05, 3.63) is 125 Å². The fourth-order valence-corrected chi connectivity index (χ4v) is 3.14. The van der Waals surface area contributed by atoms with E-state index in [1.165, 1.54) is 35.4 Å². The Hall–Kier alpha value is -2.84. The Morgan fingerprint density at radius 3 is 2.00 bits per heavy atom. The zero-order valence-corrected chi connectivity index (χ0v) is 13.6. The summed E-state index contributed by atoms with van der Waals surface area (Å²) in [5.41, 5.74) is -2.62. The molecule has 3 aromatic carbocycles. The molecule has 0 spiro atoms. The number of aromatic nitrogens is 2. The van der Waals surface area contributed by atoms with E-state index in [0.29, 0.717) is 0 Å². The maximum absolute atomic E-state index is 8.75. The fraction of sp³-hybridized carbons (Fsp3) is 0.0455. The van der Waals surface area contributed by atoms with Crippen LogP contribution in [0.3, 0.4) is 0 Å². The van der Waals surface area contributed by atoms with Crippen molar-refractivity contribution in [2.75, 3.05) is 0 Å². The number of halogens is 1. The maximum atomic E-state index is 8.75. The van der Waals surface area contributed by atoms with Gasteiger partial charge in [-0.3, -0.25) is 0 Å². The molecule has 25 heavy (non-hydrogen) atoms. The number of imidazole rings is 1. The largest absolute Gasteiger partial charge is 0.319 e. The van der Waals surface area contributed by atoms with Crippen LogP contribution in [0.5, 0.6) is 0 Å². The number of rotatable bonds is 4. The average Bonchev–Trinajstić information content (AvgIpc) is 3.38. The number of nitrogens with zero attached hydrogens (tertiary/aromatic N) is 2. The van der Waals surface area contributed by atoms with Crippen molar-refractivity contribution < 1.29 is 13.7 Å². The van der Waals surface area contributed by atoms with Gasteiger partial charge in [-0.15, -0.1) is 0 Å². The SMILES string of the molecule is [2H]c1c([2H])c([2H])c(C(c2ccccc2Cl)(c2c([2H])c([2H])c([2H])c([2H])c2[2H])n2ccnc2)c([2H])c1[2H]. The summed E-state index contributed by atoms with van der Waals surface area (Å²) in [4.78, 5) is 4.05. The van der Waals surface area contributed by atoms with Crippen LogP contribution in [0.15, 0.2) is 103 Å². The third kappa shape index (κ3) is 2.55. The van der Waals surface area contributed by atoms with Crippen LogP contribution in [0.2, 0.25) is 5.02 Å². The van der Waals surface area contributed by atoms with Crippen LogP contribution >= 0.6 is 11.6 Å². The van der Waals surface area contributed by atoms with E-state index in [9.17, 15) is 0 Å². The highest BCUT2D eigenvalue weighted by Crippen LogP contribution is 2.43. The molecule has 0 saturated heterocycles. The van der Waals surface area contributed by atoms with Gasteiger partial charge in [0, 0.05) is 23.0 Å². The Morgan fingerprint density at radius 1 is 0.880 bits per heavy atom. The lowest BCUT2D eigenvalue weighted by Gasteiger charge is -2.37. The molecule has 0 N–H and O–H groups in total. The van der Waals surface area contributed by atoms with Gasteiger partial charge in [0.05, 0.1) is 20.0 Å². The van der Waals surface area contributed by atoms with Crippen molar-refractivity contribution in [1.29, 1.82) is 0 Å². The molecule has 2 nitrogen and oxygen atoms in total. The number of benzene rings is 3.